The van der Waals surface area contributed by atoms with Crippen molar-refractivity contribution in [1.29, 1.82) is 0 Å². The molecular formula is C78H48. The predicted molar refractivity (Wildman–Crippen MR) is 335 cm³/mol. The van der Waals surface area contributed by atoms with Gasteiger partial charge in [0.1, 0.15) is 0 Å². The van der Waals surface area contributed by atoms with Gasteiger partial charge in [0.05, 0.1) is 0 Å². The molecule has 0 heterocycles. The van der Waals surface area contributed by atoms with E-state index in [4.69, 9.17) is 0 Å². The summed E-state index contributed by atoms with van der Waals surface area (Å²) in [5, 5.41) is 23.4. The first-order valence-electron chi connectivity index (χ1n) is 27.5. The third-order valence-corrected chi connectivity index (χ3v) is 17.7. The molecule has 0 nitrogen and oxygen atoms in total. The lowest BCUT2D eigenvalue weighted by molar-refractivity contribution is 0.968. The SMILES string of the molecule is c1ccc(-c2ccc3c4c2ccc2cccc(c24)CC3)c(-c2c3ccccc3c(-c3ccc(-c4c5ccccc5c(-c5ccccc5-c5ccc6ccc7cccc8ccc5c6c78)c5ccccc45)cc3)c3ccccc23)c1. The van der Waals surface area contributed by atoms with Crippen LogP contribution in [0.5, 0.6) is 0 Å². The molecule has 0 fully saturated rings. The maximum Gasteiger partial charge on any atom is -0.00201 e. The van der Waals surface area contributed by atoms with Crippen LogP contribution >= 0.6 is 0 Å². The molecule has 78 heavy (non-hydrogen) atoms. The predicted octanol–water partition coefficient (Wildman–Crippen LogP) is 21.6. The van der Waals surface area contributed by atoms with Crippen LogP contribution in [0, 0.1) is 0 Å². The summed E-state index contributed by atoms with van der Waals surface area (Å²) in [7, 11) is 0. The van der Waals surface area contributed by atoms with Gasteiger partial charge in [0, 0.05) is 0 Å². The Balaban J connectivity index is 0.828. The number of hydrogen-bond donors (Lipinski definition) is 0. The van der Waals surface area contributed by atoms with Crippen molar-refractivity contribution in [2.45, 2.75) is 12.8 Å². The molecule has 360 valence electrons. The van der Waals surface area contributed by atoms with Crippen LogP contribution in [0.3, 0.4) is 0 Å². The molecule has 0 heteroatoms. The molecule has 17 rings (SSSR count). The molecule has 0 amide bonds. The van der Waals surface area contributed by atoms with Crippen molar-refractivity contribution < 1.29 is 0 Å². The third-order valence-electron chi connectivity index (χ3n) is 17.7. The zero-order chi connectivity index (χ0) is 51.0. The van der Waals surface area contributed by atoms with Crippen LogP contribution in [0.2, 0.25) is 0 Å². The molecule has 1 aliphatic carbocycles. The van der Waals surface area contributed by atoms with Crippen molar-refractivity contribution in [3.63, 3.8) is 0 Å². The Kier molecular flexibility index (Phi) is 9.35. The maximum atomic E-state index is 2.40. The van der Waals surface area contributed by atoms with E-state index in [2.05, 4.69) is 267 Å². The minimum absolute atomic E-state index is 1.08. The average molecular weight is 985 g/mol. The molecule has 0 radical (unpaired) electrons. The maximum absolute atomic E-state index is 2.40. The van der Waals surface area contributed by atoms with E-state index in [1.807, 2.05) is 0 Å². The zero-order valence-corrected chi connectivity index (χ0v) is 42.8. The van der Waals surface area contributed by atoms with E-state index >= 15 is 0 Å². The number of rotatable bonds is 6. The van der Waals surface area contributed by atoms with Gasteiger partial charge in [0.2, 0.25) is 0 Å². The Labute approximate surface area is 452 Å². The van der Waals surface area contributed by atoms with Gasteiger partial charge in [0.25, 0.3) is 0 Å². The van der Waals surface area contributed by atoms with Gasteiger partial charge in [-0.3, -0.25) is 0 Å². The summed E-state index contributed by atoms with van der Waals surface area (Å²) in [5.41, 5.74) is 17.9. The first-order valence-corrected chi connectivity index (χ1v) is 27.5. The smallest absolute Gasteiger partial charge is 0.00201 e. The first-order chi connectivity index (χ1) is 38.7. The molecule has 0 aliphatic heterocycles. The molecule has 16 aromatic carbocycles. The van der Waals surface area contributed by atoms with Gasteiger partial charge < -0.3 is 0 Å². The van der Waals surface area contributed by atoms with Crippen LogP contribution in [-0.4, -0.2) is 0 Å². The van der Waals surface area contributed by atoms with E-state index < -0.39 is 0 Å². The molecule has 16 aromatic rings. The Bertz CT molecular complexity index is 5060. The van der Waals surface area contributed by atoms with Crippen molar-refractivity contribution in [3.8, 4) is 66.8 Å². The largest absolute Gasteiger partial charge is 0.0616 e. The summed E-state index contributed by atoms with van der Waals surface area (Å²) in [4.78, 5) is 0. The summed E-state index contributed by atoms with van der Waals surface area (Å²) >= 11 is 0. The molecule has 0 saturated carbocycles. The fourth-order valence-corrected chi connectivity index (χ4v) is 14.4. The third kappa shape index (κ3) is 6.23. The van der Waals surface area contributed by atoms with Gasteiger partial charge in [-0.2, -0.15) is 0 Å². The van der Waals surface area contributed by atoms with Crippen molar-refractivity contribution in [3.05, 3.63) is 278 Å². The van der Waals surface area contributed by atoms with Crippen LogP contribution in [0.1, 0.15) is 11.1 Å². The monoisotopic (exact) mass is 984 g/mol. The normalized spacial score (nSPS) is 12.5. The topological polar surface area (TPSA) is 0 Å². The number of fused-ring (bicyclic) bond motifs is 4. The molecule has 1 aliphatic rings. The highest BCUT2D eigenvalue weighted by Crippen LogP contribution is 2.51. The van der Waals surface area contributed by atoms with Gasteiger partial charge >= 0.3 is 0 Å². The van der Waals surface area contributed by atoms with Crippen LogP contribution in [0.4, 0.5) is 0 Å². The van der Waals surface area contributed by atoms with E-state index in [1.54, 1.807) is 0 Å². The minimum Gasteiger partial charge on any atom is -0.0616 e. The highest BCUT2D eigenvalue weighted by Gasteiger charge is 2.24. The Morgan fingerprint density at radius 2 is 0.500 bits per heavy atom. The number of benzene rings is 16. The van der Waals surface area contributed by atoms with Gasteiger partial charge in [-0.25, -0.2) is 0 Å². The number of aryl methyl sites for hydroxylation is 2. The van der Waals surface area contributed by atoms with Gasteiger partial charge in [-0.1, -0.05) is 267 Å². The Morgan fingerprint density at radius 1 is 0.167 bits per heavy atom. The van der Waals surface area contributed by atoms with E-state index in [0.717, 1.165) is 12.8 Å². The van der Waals surface area contributed by atoms with Crippen LogP contribution in [0.25, 0.3) is 164 Å². The first kappa shape index (κ1) is 43.4. The highest BCUT2D eigenvalue weighted by atomic mass is 14.3. The van der Waals surface area contributed by atoms with Crippen LogP contribution < -0.4 is 0 Å². The van der Waals surface area contributed by atoms with Crippen LogP contribution in [0.15, 0.2) is 267 Å². The molecule has 0 N–H and O–H groups in total. The second-order valence-electron chi connectivity index (χ2n) is 21.6. The molecule has 0 bridgehead atoms. The van der Waals surface area contributed by atoms with Gasteiger partial charge in [0.15, 0.2) is 0 Å². The Hall–Kier alpha value is -9.88. The van der Waals surface area contributed by atoms with Crippen molar-refractivity contribution in [1.82, 2.24) is 0 Å². The molecule has 0 atom stereocenters. The van der Waals surface area contributed by atoms with E-state index in [-0.39, 0.29) is 0 Å². The summed E-state index contributed by atoms with van der Waals surface area (Å²) in [6.45, 7) is 0. The van der Waals surface area contributed by atoms with Crippen molar-refractivity contribution in [2.24, 2.45) is 0 Å². The average Bonchev–Trinajstić information content (AvgIpc) is 3.66. The highest BCUT2D eigenvalue weighted by molar-refractivity contribution is 6.28. The fourth-order valence-electron chi connectivity index (χ4n) is 14.4. The molecule has 0 saturated heterocycles. The second kappa shape index (κ2) is 16.8. The lowest BCUT2D eigenvalue weighted by Gasteiger charge is -2.23. The van der Waals surface area contributed by atoms with Crippen molar-refractivity contribution >= 4 is 97.0 Å². The standard InChI is InChI=1S/C78H48/c1-3-21-59(55(19-1)57-43-39-53-37-31-47-15-13-17-49-41-45-69(57)75(53)71(47)49)77-65-27-9-5-23-61(65)73(62-24-6-10-28-66(62)77)51-33-35-52(36-34-51)74-63-25-7-11-29-67(63)78(68-30-12-8-26-64(68)74)60-22-4-2-20-56(60)58-44-40-54-38-32-48-16-14-18-50-42-46-70(58)76(54)72(48)50/h1-31,33-37,39-46H,32,38H2. The quantitative estimate of drug-likeness (QED) is 0.115. The summed E-state index contributed by atoms with van der Waals surface area (Å²) in [5.74, 6) is 0. The lowest BCUT2D eigenvalue weighted by atomic mass is 9.81. The zero-order valence-electron chi connectivity index (χ0n) is 42.8. The molecule has 0 aromatic heterocycles. The van der Waals surface area contributed by atoms with Gasteiger partial charge in [-0.05, 0) is 188 Å². The fraction of sp³-hybridized carbons (Fsp3) is 0.0256. The van der Waals surface area contributed by atoms with E-state index in [0.29, 0.717) is 0 Å². The minimum atomic E-state index is 1.08. The second-order valence-corrected chi connectivity index (χ2v) is 21.6. The number of hydrogen-bond acceptors (Lipinski definition) is 0. The van der Waals surface area contributed by atoms with Gasteiger partial charge in [-0.15, -0.1) is 0 Å². The summed E-state index contributed by atoms with van der Waals surface area (Å²) < 4.78 is 0. The van der Waals surface area contributed by atoms with Crippen LogP contribution in [-0.2, 0) is 12.8 Å². The summed E-state index contributed by atoms with van der Waals surface area (Å²) in [6, 6.07) is 101. The lowest BCUT2D eigenvalue weighted by Crippen LogP contribution is -2.02. The summed E-state index contributed by atoms with van der Waals surface area (Å²) in [6.07, 6.45) is 2.17. The Morgan fingerprint density at radius 3 is 0.974 bits per heavy atom. The molecular weight excluding hydrogens is 937 g/mol. The van der Waals surface area contributed by atoms with E-state index in [1.165, 1.54) is 175 Å². The molecule has 0 spiro atoms. The van der Waals surface area contributed by atoms with E-state index in [9.17, 15) is 0 Å². The molecule has 0 unspecified atom stereocenters. The van der Waals surface area contributed by atoms with Crippen molar-refractivity contribution in [2.75, 3.05) is 0 Å².